The fourth-order valence-electron chi connectivity index (χ4n) is 1.67. The number of hydrogen-bond donors (Lipinski definition) is 0. The lowest BCUT2D eigenvalue weighted by atomic mass is 9.82. The van der Waals surface area contributed by atoms with Gasteiger partial charge in [-0.05, 0) is 24.1 Å². The summed E-state index contributed by atoms with van der Waals surface area (Å²) in [5.74, 6) is 0.567. The Morgan fingerprint density at radius 1 is 1.22 bits per heavy atom. The molecule has 0 aliphatic heterocycles. The molecule has 0 bridgehead atoms. The highest BCUT2D eigenvalue weighted by molar-refractivity contribution is 7.90. The minimum absolute atomic E-state index is 0.0545. The second-order valence-electron chi connectivity index (χ2n) is 4.44. The van der Waals surface area contributed by atoms with Crippen molar-refractivity contribution in [1.82, 2.24) is 0 Å². The molecule has 18 heavy (non-hydrogen) atoms. The van der Waals surface area contributed by atoms with Crippen LogP contribution in [0.2, 0.25) is 5.02 Å². The van der Waals surface area contributed by atoms with Gasteiger partial charge in [-0.25, -0.2) is 8.42 Å². The number of halogens is 3. The van der Waals surface area contributed by atoms with E-state index in [1.54, 1.807) is 12.1 Å². The average Bonchev–Trinajstić information content (AvgIpc) is 2.30. The van der Waals surface area contributed by atoms with E-state index in [-0.39, 0.29) is 17.5 Å². The Morgan fingerprint density at radius 3 is 2.28 bits per heavy atom. The Morgan fingerprint density at radius 2 is 1.83 bits per heavy atom. The zero-order valence-electron chi connectivity index (χ0n) is 10.00. The Kier molecular flexibility index (Phi) is 5.78. The highest BCUT2D eigenvalue weighted by Crippen LogP contribution is 2.33. The van der Waals surface area contributed by atoms with Gasteiger partial charge < -0.3 is 0 Å². The minimum atomic E-state index is -3.05. The standard InChI is InChI=1S/C12H15Cl3O2S/c1-18(16,17)6-5-12(8-13,9-14)10-3-2-4-11(15)7-10/h2-4,7H,5-6,8-9H2,1H3. The van der Waals surface area contributed by atoms with Crippen LogP contribution >= 0.6 is 34.8 Å². The maximum atomic E-state index is 11.3. The molecule has 0 fully saturated rings. The second-order valence-corrected chi connectivity index (χ2v) is 7.67. The first kappa shape index (κ1) is 16.1. The first-order valence-corrected chi connectivity index (χ1v) is 8.89. The zero-order chi connectivity index (χ0) is 13.8. The first-order chi connectivity index (χ1) is 8.33. The lowest BCUT2D eigenvalue weighted by Gasteiger charge is -2.30. The van der Waals surface area contributed by atoms with Crippen molar-refractivity contribution in [2.75, 3.05) is 23.8 Å². The van der Waals surface area contributed by atoms with E-state index < -0.39 is 15.3 Å². The van der Waals surface area contributed by atoms with Gasteiger partial charge in [-0.15, -0.1) is 23.2 Å². The topological polar surface area (TPSA) is 34.1 Å². The maximum absolute atomic E-state index is 11.3. The third-order valence-corrected chi connectivity index (χ3v) is 5.10. The van der Waals surface area contributed by atoms with Crippen LogP contribution in [0.3, 0.4) is 0 Å². The van der Waals surface area contributed by atoms with Crippen molar-refractivity contribution in [3.63, 3.8) is 0 Å². The van der Waals surface area contributed by atoms with E-state index in [2.05, 4.69) is 0 Å². The summed E-state index contributed by atoms with van der Waals surface area (Å²) < 4.78 is 22.6. The molecule has 102 valence electrons. The Balaban J connectivity index is 3.07. The van der Waals surface area contributed by atoms with E-state index in [9.17, 15) is 8.42 Å². The Bertz CT molecular complexity index is 496. The van der Waals surface area contributed by atoms with Crippen molar-refractivity contribution in [1.29, 1.82) is 0 Å². The second kappa shape index (κ2) is 6.47. The highest BCUT2D eigenvalue weighted by Gasteiger charge is 2.31. The van der Waals surface area contributed by atoms with Gasteiger partial charge in [0.05, 0.1) is 5.75 Å². The molecule has 0 spiro atoms. The number of benzene rings is 1. The predicted octanol–water partition coefficient (Wildman–Crippen LogP) is 3.49. The molecular weight excluding hydrogens is 315 g/mol. The molecule has 0 saturated heterocycles. The monoisotopic (exact) mass is 328 g/mol. The van der Waals surface area contributed by atoms with Crippen LogP contribution in [0.25, 0.3) is 0 Å². The molecule has 0 aliphatic rings. The van der Waals surface area contributed by atoms with Crippen LogP contribution in [0.4, 0.5) is 0 Å². The summed E-state index contributed by atoms with van der Waals surface area (Å²) in [5, 5.41) is 0.589. The van der Waals surface area contributed by atoms with Crippen LogP contribution in [-0.4, -0.2) is 32.2 Å². The molecule has 0 heterocycles. The van der Waals surface area contributed by atoms with E-state index in [0.717, 1.165) is 5.56 Å². The lowest BCUT2D eigenvalue weighted by molar-refractivity contribution is 0.513. The van der Waals surface area contributed by atoms with E-state index in [1.165, 1.54) is 6.26 Å². The third-order valence-electron chi connectivity index (χ3n) is 2.90. The molecule has 1 rings (SSSR count). The van der Waals surface area contributed by atoms with E-state index in [4.69, 9.17) is 34.8 Å². The third kappa shape index (κ3) is 4.30. The average molecular weight is 330 g/mol. The fraction of sp³-hybridized carbons (Fsp3) is 0.500. The molecule has 0 saturated carbocycles. The Hall–Kier alpha value is 0.0400. The van der Waals surface area contributed by atoms with Crippen LogP contribution in [-0.2, 0) is 15.3 Å². The van der Waals surface area contributed by atoms with Crippen molar-refractivity contribution in [2.45, 2.75) is 11.8 Å². The summed E-state index contributed by atoms with van der Waals surface area (Å²) in [5.41, 5.74) is 0.320. The molecular formula is C12H15Cl3O2S. The smallest absolute Gasteiger partial charge is 0.147 e. The fourth-order valence-corrected chi connectivity index (χ4v) is 3.48. The SMILES string of the molecule is CS(=O)(=O)CCC(CCl)(CCl)c1cccc(Cl)c1. The van der Waals surface area contributed by atoms with Crippen LogP contribution in [0.1, 0.15) is 12.0 Å². The van der Waals surface area contributed by atoms with Gasteiger partial charge in [-0.2, -0.15) is 0 Å². The largest absolute Gasteiger partial charge is 0.229 e. The van der Waals surface area contributed by atoms with Gasteiger partial charge in [0, 0.05) is 28.5 Å². The number of alkyl halides is 2. The van der Waals surface area contributed by atoms with Crippen molar-refractivity contribution in [3.8, 4) is 0 Å². The molecule has 0 unspecified atom stereocenters. The molecule has 0 N–H and O–H groups in total. The molecule has 0 atom stereocenters. The summed E-state index contributed by atoms with van der Waals surface area (Å²) in [6.45, 7) is 0. The number of rotatable bonds is 6. The quantitative estimate of drug-likeness (QED) is 0.749. The lowest BCUT2D eigenvalue weighted by Crippen LogP contribution is -2.33. The minimum Gasteiger partial charge on any atom is -0.229 e. The van der Waals surface area contributed by atoms with Crippen LogP contribution in [0, 0.1) is 0 Å². The first-order valence-electron chi connectivity index (χ1n) is 5.39. The van der Waals surface area contributed by atoms with E-state index >= 15 is 0 Å². The van der Waals surface area contributed by atoms with Gasteiger partial charge >= 0.3 is 0 Å². The predicted molar refractivity (Wildman–Crippen MR) is 78.9 cm³/mol. The van der Waals surface area contributed by atoms with Gasteiger partial charge in [0.1, 0.15) is 9.84 Å². The summed E-state index contributed by atoms with van der Waals surface area (Å²) >= 11 is 18.0. The zero-order valence-corrected chi connectivity index (χ0v) is 13.1. The molecule has 0 aromatic heterocycles. The summed E-state index contributed by atoms with van der Waals surface area (Å²) in [6, 6.07) is 7.23. The van der Waals surface area contributed by atoms with Crippen LogP contribution < -0.4 is 0 Å². The Labute approximate surface area is 123 Å². The highest BCUT2D eigenvalue weighted by atomic mass is 35.5. The van der Waals surface area contributed by atoms with Gasteiger partial charge in [0.2, 0.25) is 0 Å². The molecule has 2 nitrogen and oxygen atoms in total. The van der Waals surface area contributed by atoms with Gasteiger partial charge in [-0.1, -0.05) is 23.7 Å². The molecule has 1 aromatic rings. The maximum Gasteiger partial charge on any atom is 0.147 e. The number of sulfone groups is 1. The normalized spacial score (nSPS) is 12.7. The van der Waals surface area contributed by atoms with Gasteiger partial charge in [0.15, 0.2) is 0 Å². The van der Waals surface area contributed by atoms with E-state index in [0.29, 0.717) is 11.4 Å². The molecule has 6 heteroatoms. The van der Waals surface area contributed by atoms with Crippen molar-refractivity contribution < 1.29 is 8.42 Å². The summed E-state index contributed by atoms with van der Waals surface area (Å²) in [6.07, 6.45) is 1.59. The van der Waals surface area contributed by atoms with Crippen molar-refractivity contribution >= 4 is 44.6 Å². The number of hydrogen-bond acceptors (Lipinski definition) is 2. The molecule has 0 radical (unpaired) electrons. The van der Waals surface area contributed by atoms with Crippen molar-refractivity contribution in [2.24, 2.45) is 0 Å². The molecule has 0 amide bonds. The van der Waals surface area contributed by atoms with Crippen LogP contribution in [0.15, 0.2) is 24.3 Å². The van der Waals surface area contributed by atoms with Gasteiger partial charge in [0.25, 0.3) is 0 Å². The summed E-state index contributed by atoms with van der Waals surface area (Å²) in [7, 11) is -3.05. The molecule has 1 aromatic carbocycles. The van der Waals surface area contributed by atoms with E-state index in [1.807, 2.05) is 12.1 Å². The van der Waals surface area contributed by atoms with Crippen LogP contribution in [0.5, 0.6) is 0 Å². The van der Waals surface area contributed by atoms with Crippen molar-refractivity contribution in [3.05, 3.63) is 34.9 Å². The summed E-state index contributed by atoms with van der Waals surface area (Å²) in [4.78, 5) is 0. The van der Waals surface area contributed by atoms with Gasteiger partial charge in [-0.3, -0.25) is 0 Å². The molecule has 0 aliphatic carbocycles.